The lowest BCUT2D eigenvalue weighted by Crippen LogP contribution is -2.15. The summed E-state index contributed by atoms with van der Waals surface area (Å²) >= 11 is 3.09. The summed E-state index contributed by atoms with van der Waals surface area (Å²) in [6.07, 6.45) is 6.39. The van der Waals surface area contributed by atoms with Crippen molar-refractivity contribution in [2.24, 2.45) is 0 Å². The molecule has 2 aromatic rings. The van der Waals surface area contributed by atoms with Gasteiger partial charge in [-0.3, -0.25) is 19.6 Å². The predicted molar refractivity (Wildman–Crippen MR) is 120 cm³/mol. The second-order valence-corrected chi connectivity index (χ2v) is 8.75. The Morgan fingerprint density at radius 3 is 1.43 bits per heavy atom. The third kappa shape index (κ3) is 8.22. The number of ketones is 2. The molecule has 0 amide bonds. The molecule has 0 aliphatic rings. The molecule has 0 radical (unpaired) electrons. The number of rotatable bonds is 3. The molecule has 2 heterocycles. The summed E-state index contributed by atoms with van der Waals surface area (Å²) in [7, 11) is 0. The van der Waals surface area contributed by atoms with Crippen molar-refractivity contribution in [3.05, 3.63) is 47.6 Å². The van der Waals surface area contributed by atoms with Gasteiger partial charge in [-0.25, -0.2) is 9.97 Å². The summed E-state index contributed by atoms with van der Waals surface area (Å²) in [6, 6.07) is 0. The van der Waals surface area contributed by atoms with Crippen molar-refractivity contribution in [3.63, 3.8) is 0 Å². The topological polar surface area (TPSA) is 85.7 Å². The van der Waals surface area contributed by atoms with E-state index in [4.69, 9.17) is 0 Å². The van der Waals surface area contributed by atoms with Gasteiger partial charge in [-0.15, -0.1) is 17.0 Å². The highest BCUT2D eigenvalue weighted by molar-refractivity contribution is 9.09. The molecule has 0 aromatic carbocycles. The van der Waals surface area contributed by atoms with Crippen molar-refractivity contribution in [1.29, 1.82) is 0 Å². The highest BCUT2D eigenvalue weighted by Gasteiger charge is 2.17. The fourth-order valence-electron chi connectivity index (χ4n) is 1.82. The summed E-state index contributed by atoms with van der Waals surface area (Å²) in [5, 5.41) is 0.288. The number of halogens is 2. The zero-order valence-corrected chi connectivity index (χ0v) is 20.7. The smallest absolute Gasteiger partial charge is 0.193 e. The molecule has 0 atom stereocenters. The lowest BCUT2D eigenvalue weighted by atomic mass is 9.93. The number of carbonyl (C=O) groups is 2. The molecule has 2 aromatic heterocycles. The number of nitrogens with zero attached hydrogens (tertiary/aromatic N) is 4. The lowest BCUT2D eigenvalue weighted by Gasteiger charge is -2.16. The Morgan fingerprint density at radius 1 is 0.786 bits per heavy atom. The van der Waals surface area contributed by atoms with Crippen molar-refractivity contribution in [1.82, 2.24) is 19.9 Å². The number of hydrogen-bond donors (Lipinski definition) is 0. The second kappa shape index (κ2) is 10.9. The molecule has 0 fully saturated rings. The Labute approximate surface area is 185 Å². The third-order valence-corrected chi connectivity index (χ3v) is 4.12. The third-order valence-electron chi connectivity index (χ3n) is 3.61. The first-order valence-corrected chi connectivity index (χ1v) is 9.73. The summed E-state index contributed by atoms with van der Waals surface area (Å²) in [6.45, 7) is 13.8. The monoisotopic (exact) mass is 514 g/mol. The maximum Gasteiger partial charge on any atom is 0.193 e. The molecule has 0 saturated carbocycles. The van der Waals surface area contributed by atoms with E-state index in [0.717, 1.165) is 11.4 Å². The number of Topliss-reactive ketones (excluding diaryl/α,β-unsaturated/α-hetero) is 2. The number of aromatic nitrogens is 4. The van der Waals surface area contributed by atoms with Crippen LogP contribution in [-0.4, -0.2) is 36.8 Å². The van der Waals surface area contributed by atoms with Gasteiger partial charge in [0, 0.05) is 30.1 Å². The van der Waals surface area contributed by atoms with E-state index in [9.17, 15) is 9.59 Å². The van der Waals surface area contributed by atoms with Crippen molar-refractivity contribution < 1.29 is 9.59 Å². The van der Waals surface area contributed by atoms with Crippen LogP contribution < -0.4 is 0 Å². The van der Waals surface area contributed by atoms with Crippen molar-refractivity contribution >= 4 is 44.5 Å². The van der Waals surface area contributed by atoms with Gasteiger partial charge < -0.3 is 0 Å². The van der Waals surface area contributed by atoms with Gasteiger partial charge in [0.05, 0.1) is 29.1 Å². The second-order valence-electron chi connectivity index (χ2n) is 8.19. The van der Waals surface area contributed by atoms with Crippen molar-refractivity contribution in [2.75, 3.05) is 5.33 Å². The van der Waals surface area contributed by atoms with Gasteiger partial charge in [-0.05, 0) is 0 Å². The van der Waals surface area contributed by atoms with Gasteiger partial charge in [0.2, 0.25) is 0 Å². The summed E-state index contributed by atoms with van der Waals surface area (Å²) in [5.41, 5.74) is 2.59. The molecule has 8 heteroatoms. The van der Waals surface area contributed by atoms with Crippen LogP contribution in [0.2, 0.25) is 0 Å². The molecule has 154 valence electrons. The van der Waals surface area contributed by atoms with Crippen LogP contribution in [-0.2, 0) is 10.8 Å². The molecule has 0 N–H and O–H groups in total. The fraction of sp³-hybridized carbons (Fsp3) is 0.500. The minimum Gasteiger partial charge on any atom is -0.293 e. The molecule has 0 aliphatic heterocycles. The predicted octanol–water partition coefficient (Wildman–Crippen LogP) is 4.91. The zero-order valence-electron chi connectivity index (χ0n) is 17.4. The SMILES string of the molecule is Br.CC(=O)c1cnc(C(C)(C)C)cn1.CC(C)(C)c1cnc(C(=O)CBr)cn1. The Balaban J connectivity index is 0.000000504. The minimum atomic E-state index is -0.0482. The highest BCUT2D eigenvalue weighted by Crippen LogP contribution is 2.19. The van der Waals surface area contributed by atoms with E-state index < -0.39 is 0 Å². The van der Waals surface area contributed by atoms with Crippen LogP contribution in [0.1, 0.15) is 80.8 Å². The van der Waals surface area contributed by atoms with E-state index in [1.165, 1.54) is 19.3 Å². The lowest BCUT2D eigenvalue weighted by molar-refractivity contribution is 0.100. The highest BCUT2D eigenvalue weighted by atomic mass is 79.9. The van der Waals surface area contributed by atoms with Crippen LogP contribution >= 0.6 is 32.9 Å². The molecular weight excluding hydrogens is 488 g/mol. The Morgan fingerprint density at radius 2 is 1.18 bits per heavy atom. The molecule has 0 unspecified atom stereocenters. The van der Waals surface area contributed by atoms with Crippen molar-refractivity contribution in [2.45, 2.75) is 59.3 Å². The standard InChI is InChI=1S/C10H13BrN2O.C10H14N2O.BrH/c1-10(2,3)9-6-12-7(5-13-9)8(14)4-11;1-7(13)8-5-12-9(6-11-8)10(2,3)4;/h5-6H,4H2,1-3H3;5-6H,1-4H3;1H. The van der Waals surface area contributed by atoms with Crippen LogP contribution in [0.3, 0.4) is 0 Å². The average molecular weight is 516 g/mol. The molecule has 0 aliphatic carbocycles. The van der Waals surface area contributed by atoms with E-state index >= 15 is 0 Å². The van der Waals surface area contributed by atoms with E-state index in [2.05, 4.69) is 77.4 Å². The Bertz CT molecular complexity index is 778. The van der Waals surface area contributed by atoms with Crippen molar-refractivity contribution in [3.8, 4) is 0 Å². The molecule has 0 saturated heterocycles. The van der Waals surface area contributed by atoms with Crippen LogP contribution in [0.15, 0.2) is 24.8 Å². The first-order valence-electron chi connectivity index (χ1n) is 8.61. The minimum absolute atomic E-state index is 0. The maximum absolute atomic E-state index is 11.2. The number of hydrogen-bond acceptors (Lipinski definition) is 6. The van der Waals surface area contributed by atoms with Gasteiger partial charge in [-0.2, -0.15) is 0 Å². The zero-order chi connectivity index (χ0) is 20.8. The molecule has 28 heavy (non-hydrogen) atoms. The van der Waals surface area contributed by atoms with Gasteiger partial charge in [0.1, 0.15) is 11.4 Å². The molecule has 0 bridgehead atoms. The van der Waals surface area contributed by atoms with E-state index in [0.29, 0.717) is 11.4 Å². The first kappa shape index (κ1) is 26.5. The molecule has 6 nitrogen and oxygen atoms in total. The molecule has 0 spiro atoms. The van der Waals surface area contributed by atoms with E-state index in [1.807, 2.05) is 0 Å². The van der Waals surface area contributed by atoms with Gasteiger partial charge >= 0.3 is 0 Å². The fourth-order valence-corrected chi connectivity index (χ4v) is 2.11. The summed E-state index contributed by atoms with van der Waals surface area (Å²) in [5.74, 6) is -0.0917. The number of alkyl halides is 1. The summed E-state index contributed by atoms with van der Waals surface area (Å²) in [4.78, 5) is 38.6. The van der Waals surface area contributed by atoms with Gasteiger partial charge in [0.25, 0.3) is 0 Å². The van der Waals surface area contributed by atoms with Gasteiger partial charge in [0.15, 0.2) is 11.6 Å². The van der Waals surface area contributed by atoms with Crippen LogP contribution in [0.25, 0.3) is 0 Å². The van der Waals surface area contributed by atoms with E-state index in [-0.39, 0.29) is 44.7 Å². The Kier molecular flexibility index (Phi) is 10.3. The Hall–Kier alpha value is -1.54. The van der Waals surface area contributed by atoms with Crippen LogP contribution in [0.4, 0.5) is 0 Å². The van der Waals surface area contributed by atoms with Gasteiger partial charge in [-0.1, -0.05) is 57.5 Å². The van der Waals surface area contributed by atoms with Crippen LogP contribution in [0, 0.1) is 0 Å². The molecule has 2 rings (SSSR count). The largest absolute Gasteiger partial charge is 0.293 e. The van der Waals surface area contributed by atoms with Crippen LogP contribution in [0.5, 0.6) is 0 Å². The van der Waals surface area contributed by atoms with E-state index in [1.54, 1.807) is 12.4 Å². The quantitative estimate of drug-likeness (QED) is 0.426. The normalized spacial score (nSPS) is 11.0. The maximum atomic E-state index is 11.2. The summed E-state index contributed by atoms with van der Waals surface area (Å²) < 4.78 is 0. The first-order chi connectivity index (χ1) is 12.4. The average Bonchev–Trinajstić information content (AvgIpc) is 2.60. The molecular formula is C20H28Br2N4O2. The number of carbonyl (C=O) groups excluding carboxylic acids is 2.